The van der Waals surface area contributed by atoms with Gasteiger partial charge in [0.05, 0.1) is 0 Å². The Labute approximate surface area is 117 Å². The van der Waals surface area contributed by atoms with Crippen LogP contribution < -0.4 is 5.73 Å². The molecule has 19 heavy (non-hydrogen) atoms. The molecule has 2 heteroatoms. The summed E-state index contributed by atoms with van der Waals surface area (Å²) in [5.74, 6) is 0.700. The first-order valence-corrected chi connectivity index (χ1v) is 7.80. The van der Waals surface area contributed by atoms with E-state index in [-0.39, 0.29) is 0 Å². The Bertz CT molecular complexity index is 427. The van der Waals surface area contributed by atoms with E-state index in [1.165, 1.54) is 45.2 Å². The molecular weight excluding hydrogens is 232 g/mol. The van der Waals surface area contributed by atoms with Crippen LogP contribution >= 0.6 is 0 Å². The van der Waals surface area contributed by atoms with E-state index in [4.69, 9.17) is 5.73 Å². The predicted octanol–water partition coefficient (Wildman–Crippen LogP) is 2.60. The highest BCUT2D eigenvalue weighted by atomic mass is 15.2. The maximum Gasteiger partial charge on any atom is 0.0139 e. The highest BCUT2D eigenvalue weighted by Gasteiger charge is 2.29. The summed E-state index contributed by atoms with van der Waals surface area (Å²) in [5, 5.41) is 0. The van der Waals surface area contributed by atoms with Gasteiger partial charge in [-0.3, -0.25) is 4.90 Å². The molecule has 1 aliphatic carbocycles. The molecule has 1 fully saturated rings. The van der Waals surface area contributed by atoms with Crippen molar-refractivity contribution in [3.63, 3.8) is 0 Å². The zero-order valence-electron chi connectivity index (χ0n) is 12.0. The molecule has 104 valence electrons. The number of hydrogen-bond acceptors (Lipinski definition) is 2. The van der Waals surface area contributed by atoms with Crippen molar-refractivity contribution >= 4 is 0 Å². The van der Waals surface area contributed by atoms with Crippen LogP contribution in [0.25, 0.3) is 0 Å². The second-order valence-corrected chi connectivity index (χ2v) is 6.42. The predicted molar refractivity (Wildman–Crippen MR) is 80.2 cm³/mol. The van der Waals surface area contributed by atoms with Gasteiger partial charge in [0, 0.05) is 18.6 Å². The molecule has 2 nitrogen and oxygen atoms in total. The van der Waals surface area contributed by atoms with Gasteiger partial charge in [-0.1, -0.05) is 24.3 Å². The van der Waals surface area contributed by atoms with Crippen molar-refractivity contribution in [2.75, 3.05) is 13.1 Å². The lowest BCUT2D eigenvalue weighted by atomic mass is 9.85. The lowest BCUT2D eigenvalue weighted by molar-refractivity contribution is 0.105. The molecule has 0 saturated carbocycles. The minimum Gasteiger partial charge on any atom is -0.328 e. The van der Waals surface area contributed by atoms with Crippen LogP contribution in [-0.4, -0.2) is 30.1 Å². The van der Waals surface area contributed by atoms with E-state index in [0.717, 1.165) is 6.04 Å². The summed E-state index contributed by atoms with van der Waals surface area (Å²) in [5.41, 5.74) is 9.25. The normalized spacial score (nSPS) is 29.8. The van der Waals surface area contributed by atoms with Gasteiger partial charge in [-0.15, -0.1) is 0 Å². The maximum atomic E-state index is 6.11. The summed E-state index contributed by atoms with van der Waals surface area (Å²) in [6.45, 7) is 4.66. The van der Waals surface area contributed by atoms with E-state index in [1.54, 1.807) is 11.1 Å². The fraction of sp³-hybridized carbons (Fsp3) is 0.647. The third-order valence-electron chi connectivity index (χ3n) is 5.07. The van der Waals surface area contributed by atoms with Crippen molar-refractivity contribution in [3.8, 4) is 0 Å². The molecule has 2 N–H and O–H groups in total. The van der Waals surface area contributed by atoms with Crippen LogP contribution in [0, 0.1) is 5.92 Å². The van der Waals surface area contributed by atoms with Crippen molar-refractivity contribution in [1.29, 1.82) is 0 Å². The molecule has 0 aromatic heterocycles. The van der Waals surface area contributed by atoms with Gasteiger partial charge in [0.15, 0.2) is 0 Å². The second-order valence-electron chi connectivity index (χ2n) is 6.42. The summed E-state index contributed by atoms with van der Waals surface area (Å²) in [6.07, 6.45) is 6.45. The Morgan fingerprint density at radius 3 is 2.79 bits per heavy atom. The first-order chi connectivity index (χ1) is 9.24. The highest BCUT2D eigenvalue weighted by molar-refractivity contribution is 5.30. The van der Waals surface area contributed by atoms with E-state index in [9.17, 15) is 0 Å². The molecule has 0 bridgehead atoms. The smallest absolute Gasteiger partial charge is 0.0139 e. The molecule has 3 unspecified atom stereocenters. The largest absolute Gasteiger partial charge is 0.328 e. The lowest BCUT2D eigenvalue weighted by Crippen LogP contribution is -2.48. The fourth-order valence-corrected chi connectivity index (χ4v) is 3.79. The molecule has 2 aliphatic rings. The number of piperidine rings is 1. The fourth-order valence-electron chi connectivity index (χ4n) is 3.79. The van der Waals surface area contributed by atoms with E-state index in [0.29, 0.717) is 12.0 Å². The second kappa shape index (κ2) is 5.64. The van der Waals surface area contributed by atoms with Crippen LogP contribution in [0.15, 0.2) is 24.3 Å². The Balaban J connectivity index is 1.67. The molecule has 3 atom stereocenters. The van der Waals surface area contributed by atoms with Crippen LogP contribution in [0.2, 0.25) is 0 Å². The highest BCUT2D eigenvalue weighted by Crippen LogP contribution is 2.28. The molecule has 0 spiro atoms. The lowest BCUT2D eigenvalue weighted by Gasteiger charge is -2.41. The summed E-state index contributed by atoms with van der Waals surface area (Å²) >= 11 is 0. The molecule has 1 aromatic rings. The molecule has 1 aliphatic heterocycles. The third kappa shape index (κ3) is 2.85. The average molecular weight is 258 g/mol. The Morgan fingerprint density at radius 1 is 1.21 bits per heavy atom. The van der Waals surface area contributed by atoms with Crippen LogP contribution in [0.1, 0.15) is 37.3 Å². The molecular formula is C17H26N2. The van der Waals surface area contributed by atoms with Crippen molar-refractivity contribution in [3.05, 3.63) is 35.4 Å². The standard InChI is InChI=1S/C17H26N2/c1-13(18)16-7-4-10-19(12-16)17-9-8-14-5-2-3-6-15(14)11-17/h2-3,5-6,13,16-17H,4,7-12,18H2,1H3. The molecule has 0 radical (unpaired) electrons. The summed E-state index contributed by atoms with van der Waals surface area (Å²) < 4.78 is 0. The maximum absolute atomic E-state index is 6.11. The first kappa shape index (κ1) is 13.1. The van der Waals surface area contributed by atoms with E-state index >= 15 is 0 Å². The minimum absolute atomic E-state index is 0.346. The van der Waals surface area contributed by atoms with Crippen LogP contribution in [0.5, 0.6) is 0 Å². The van der Waals surface area contributed by atoms with Gasteiger partial charge in [0.2, 0.25) is 0 Å². The first-order valence-electron chi connectivity index (χ1n) is 7.80. The molecule has 0 amide bonds. The molecule has 3 rings (SSSR count). The van der Waals surface area contributed by atoms with Gasteiger partial charge in [-0.05, 0) is 62.6 Å². The molecule has 1 heterocycles. The van der Waals surface area contributed by atoms with Gasteiger partial charge in [-0.25, -0.2) is 0 Å². The number of fused-ring (bicyclic) bond motifs is 1. The van der Waals surface area contributed by atoms with E-state index < -0.39 is 0 Å². The summed E-state index contributed by atoms with van der Waals surface area (Å²) in [7, 11) is 0. The van der Waals surface area contributed by atoms with Crippen molar-refractivity contribution < 1.29 is 0 Å². The minimum atomic E-state index is 0.346. The van der Waals surface area contributed by atoms with Gasteiger partial charge < -0.3 is 5.73 Å². The SMILES string of the molecule is CC(N)C1CCCN(C2CCc3ccccc3C2)C1. The molecule has 1 aromatic carbocycles. The summed E-state index contributed by atoms with van der Waals surface area (Å²) in [6, 6.07) is 10.1. The van der Waals surface area contributed by atoms with Gasteiger partial charge in [0.25, 0.3) is 0 Å². The van der Waals surface area contributed by atoms with E-state index in [1.807, 2.05) is 0 Å². The Kier molecular flexibility index (Phi) is 3.90. The number of rotatable bonds is 2. The van der Waals surface area contributed by atoms with Crippen LogP contribution in [-0.2, 0) is 12.8 Å². The number of nitrogens with zero attached hydrogens (tertiary/aromatic N) is 1. The van der Waals surface area contributed by atoms with Crippen LogP contribution in [0.3, 0.4) is 0 Å². The van der Waals surface area contributed by atoms with Crippen molar-refractivity contribution in [2.45, 2.75) is 51.1 Å². The number of nitrogens with two attached hydrogens (primary N) is 1. The zero-order chi connectivity index (χ0) is 13.2. The number of hydrogen-bond donors (Lipinski definition) is 1. The van der Waals surface area contributed by atoms with Gasteiger partial charge >= 0.3 is 0 Å². The van der Waals surface area contributed by atoms with Crippen LogP contribution in [0.4, 0.5) is 0 Å². The quantitative estimate of drug-likeness (QED) is 0.883. The van der Waals surface area contributed by atoms with Gasteiger partial charge in [0.1, 0.15) is 0 Å². The number of benzene rings is 1. The zero-order valence-corrected chi connectivity index (χ0v) is 12.0. The summed E-state index contributed by atoms with van der Waals surface area (Å²) in [4.78, 5) is 2.72. The average Bonchev–Trinajstić information content (AvgIpc) is 2.47. The van der Waals surface area contributed by atoms with E-state index in [2.05, 4.69) is 36.1 Å². The number of aryl methyl sites for hydroxylation is 1. The topological polar surface area (TPSA) is 29.3 Å². The van der Waals surface area contributed by atoms with Gasteiger partial charge in [-0.2, -0.15) is 0 Å². The monoisotopic (exact) mass is 258 g/mol. The third-order valence-corrected chi connectivity index (χ3v) is 5.07. The number of likely N-dealkylation sites (tertiary alicyclic amines) is 1. The van der Waals surface area contributed by atoms with Crippen molar-refractivity contribution in [2.24, 2.45) is 11.7 Å². The Hall–Kier alpha value is -0.860. The molecule has 1 saturated heterocycles. The van der Waals surface area contributed by atoms with Crippen molar-refractivity contribution in [1.82, 2.24) is 4.90 Å². The Morgan fingerprint density at radius 2 is 2.00 bits per heavy atom.